The van der Waals surface area contributed by atoms with Gasteiger partial charge in [0.25, 0.3) is 0 Å². The second-order valence-electron chi connectivity index (χ2n) is 5.67. The van der Waals surface area contributed by atoms with Crippen LogP contribution in [0.5, 0.6) is 0 Å². The second-order valence-corrected chi connectivity index (χ2v) is 5.67. The molecule has 27 heavy (non-hydrogen) atoms. The van der Waals surface area contributed by atoms with Gasteiger partial charge in [-0.15, -0.1) is 0 Å². The lowest BCUT2D eigenvalue weighted by Crippen LogP contribution is -2.31. The zero-order valence-electron chi connectivity index (χ0n) is 14.1. The molecule has 0 bridgehead atoms. The Morgan fingerprint density at radius 3 is 2.52 bits per heavy atom. The normalized spacial score (nSPS) is 13.3. The maximum atomic E-state index is 12.9. The number of allylic oxidation sites excluding steroid dienone is 2. The van der Waals surface area contributed by atoms with Gasteiger partial charge < -0.3 is 5.32 Å². The minimum Gasteiger partial charge on any atom is -0.323 e. The van der Waals surface area contributed by atoms with Gasteiger partial charge in [0, 0.05) is 24.6 Å². The van der Waals surface area contributed by atoms with Gasteiger partial charge in [-0.3, -0.25) is 28.9 Å². The largest absolute Gasteiger partial charge is 0.323 e. The number of carbonyl (C=O) groups is 5. The Bertz CT molecular complexity index is 1060. The van der Waals surface area contributed by atoms with Crippen LogP contribution in [-0.2, 0) is 14.4 Å². The van der Waals surface area contributed by atoms with Gasteiger partial charge >= 0.3 is 0 Å². The molecule has 1 aliphatic carbocycles. The van der Waals surface area contributed by atoms with E-state index in [4.69, 9.17) is 0 Å². The van der Waals surface area contributed by atoms with Crippen molar-refractivity contribution in [3.05, 3.63) is 59.1 Å². The quantitative estimate of drug-likeness (QED) is 0.799. The van der Waals surface area contributed by atoms with Crippen molar-refractivity contribution in [1.29, 1.82) is 0 Å². The number of fused-ring (bicyclic) bond motifs is 2. The van der Waals surface area contributed by atoms with Gasteiger partial charge in [0.15, 0.2) is 0 Å². The minimum absolute atomic E-state index is 0.00190. The number of hydrogen-bond donors (Lipinski definition) is 1. The number of benzene rings is 1. The molecule has 0 aliphatic heterocycles. The third-order valence-corrected chi connectivity index (χ3v) is 3.88. The van der Waals surface area contributed by atoms with Crippen LogP contribution in [0.15, 0.2) is 42.2 Å². The minimum atomic E-state index is -0.582. The number of nitrogens with one attached hydrogen (secondary N) is 1. The summed E-state index contributed by atoms with van der Waals surface area (Å²) < 4.78 is 0. The van der Waals surface area contributed by atoms with E-state index in [0.29, 0.717) is 29.3 Å². The van der Waals surface area contributed by atoms with E-state index < -0.39 is 17.5 Å². The lowest BCUT2D eigenvalue weighted by molar-refractivity contribution is -0.126. The molecule has 0 saturated heterocycles. The molecule has 1 heterocycles. The van der Waals surface area contributed by atoms with Crippen LogP contribution in [-0.4, -0.2) is 40.2 Å². The maximum Gasteiger partial charge on any atom is 0.221 e. The van der Waals surface area contributed by atoms with E-state index in [1.54, 1.807) is 24.3 Å². The Morgan fingerprint density at radius 2 is 1.85 bits per heavy atom. The number of aromatic nitrogens is 1. The van der Waals surface area contributed by atoms with Gasteiger partial charge in [-0.25, -0.2) is 4.98 Å². The Hall–Kier alpha value is -3.94. The summed E-state index contributed by atoms with van der Waals surface area (Å²) in [6.07, 6.45) is 4.19. The maximum absolute atomic E-state index is 12.9. The molecule has 0 radical (unpaired) electrons. The van der Waals surface area contributed by atoms with Crippen LogP contribution in [0.1, 0.15) is 33.3 Å². The molecule has 2 aromatic rings. The van der Waals surface area contributed by atoms with E-state index in [9.17, 15) is 24.0 Å². The van der Waals surface area contributed by atoms with Gasteiger partial charge in [0.1, 0.15) is 5.69 Å². The van der Waals surface area contributed by atoms with Crippen molar-refractivity contribution in [3.63, 3.8) is 0 Å². The van der Waals surface area contributed by atoms with Gasteiger partial charge in [0.2, 0.25) is 30.3 Å². The fourth-order valence-electron chi connectivity index (χ4n) is 2.76. The predicted molar refractivity (Wildman–Crippen MR) is 95.3 cm³/mol. The van der Waals surface area contributed by atoms with Crippen LogP contribution in [0, 0.1) is 0 Å². The number of amides is 3. The average Bonchev–Trinajstić information content (AvgIpc) is 2.65. The molecule has 0 unspecified atom stereocenters. The number of pyridine rings is 1. The number of imide groups is 1. The first-order valence-electron chi connectivity index (χ1n) is 7.83. The number of Topliss-reactive ketones (excluding diaryl/α,β-unsaturated/α-hetero) is 1. The number of rotatable bonds is 5. The molecular formula is C19H13N3O5. The standard InChI is InChI=1S/C19H13N3O5/c1-11(25)20-15-8-16(26)18-17(19(15)27)13(6-7-22(9-23)10-24)12-4-2-3-5-14(12)21-18/h2-10H,1H3,(H,20,25)/b7-6+. The van der Waals surface area contributed by atoms with E-state index in [1.807, 2.05) is 0 Å². The molecule has 1 aliphatic rings. The van der Waals surface area contributed by atoms with Crippen LogP contribution >= 0.6 is 0 Å². The number of nitrogens with zero attached hydrogens (tertiary/aromatic N) is 2. The Kier molecular flexibility index (Phi) is 4.71. The summed E-state index contributed by atoms with van der Waals surface area (Å²) in [5.74, 6) is -1.61. The van der Waals surface area contributed by atoms with Crippen LogP contribution in [0.2, 0.25) is 0 Å². The van der Waals surface area contributed by atoms with Crippen LogP contribution in [0.4, 0.5) is 0 Å². The second kappa shape index (κ2) is 7.12. The van der Waals surface area contributed by atoms with Crippen molar-refractivity contribution in [3.8, 4) is 0 Å². The molecule has 1 aromatic carbocycles. The molecule has 3 rings (SSSR count). The SMILES string of the molecule is CC(=O)NC1=CC(=O)c2nc3ccccc3c(/C=C/N(C=O)C=O)c2C1=O. The van der Waals surface area contributed by atoms with Gasteiger partial charge in [-0.05, 0) is 17.7 Å². The summed E-state index contributed by atoms with van der Waals surface area (Å²) in [5, 5.41) is 2.89. The summed E-state index contributed by atoms with van der Waals surface area (Å²) in [6, 6.07) is 6.83. The topological polar surface area (TPSA) is 114 Å². The van der Waals surface area contributed by atoms with Crippen molar-refractivity contribution in [1.82, 2.24) is 15.2 Å². The first kappa shape index (κ1) is 17.9. The van der Waals surface area contributed by atoms with E-state index in [0.717, 1.165) is 11.0 Å². The molecule has 134 valence electrons. The van der Waals surface area contributed by atoms with Crippen molar-refractivity contribution < 1.29 is 24.0 Å². The van der Waals surface area contributed by atoms with Gasteiger partial charge in [0.05, 0.1) is 16.8 Å². The Morgan fingerprint density at radius 1 is 1.15 bits per heavy atom. The van der Waals surface area contributed by atoms with Crippen LogP contribution < -0.4 is 5.32 Å². The first-order valence-corrected chi connectivity index (χ1v) is 7.83. The summed E-state index contributed by atoms with van der Waals surface area (Å²) in [6.45, 7) is 1.22. The smallest absolute Gasteiger partial charge is 0.221 e. The Labute approximate surface area is 153 Å². The lowest BCUT2D eigenvalue weighted by Gasteiger charge is -2.18. The molecule has 0 spiro atoms. The van der Waals surface area contributed by atoms with Crippen molar-refractivity contribution in [2.24, 2.45) is 0 Å². The van der Waals surface area contributed by atoms with Crippen molar-refractivity contribution in [2.45, 2.75) is 6.92 Å². The van der Waals surface area contributed by atoms with Crippen LogP contribution in [0.3, 0.4) is 0 Å². The highest BCUT2D eigenvalue weighted by atomic mass is 16.2. The highest BCUT2D eigenvalue weighted by Gasteiger charge is 2.31. The fraction of sp³-hybridized carbons (Fsp3) is 0.0526. The van der Waals surface area contributed by atoms with E-state index >= 15 is 0 Å². The summed E-state index contributed by atoms with van der Waals surface area (Å²) in [7, 11) is 0. The lowest BCUT2D eigenvalue weighted by atomic mass is 9.90. The summed E-state index contributed by atoms with van der Waals surface area (Å²) in [4.78, 5) is 63.4. The van der Waals surface area contributed by atoms with Crippen molar-refractivity contribution in [2.75, 3.05) is 0 Å². The third kappa shape index (κ3) is 3.28. The van der Waals surface area contributed by atoms with E-state index in [2.05, 4.69) is 10.3 Å². The molecule has 8 nitrogen and oxygen atoms in total. The van der Waals surface area contributed by atoms with Gasteiger partial charge in [-0.2, -0.15) is 0 Å². The highest BCUT2D eigenvalue weighted by molar-refractivity contribution is 6.27. The zero-order valence-corrected chi connectivity index (χ0v) is 14.1. The molecule has 1 N–H and O–H groups in total. The van der Waals surface area contributed by atoms with Gasteiger partial charge in [-0.1, -0.05) is 18.2 Å². The molecule has 3 amide bonds. The highest BCUT2D eigenvalue weighted by Crippen LogP contribution is 2.29. The van der Waals surface area contributed by atoms with Crippen molar-refractivity contribution >= 4 is 47.3 Å². The van der Waals surface area contributed by atoms with Crippen LogP contribution in [0.25, 0.3) is 17.0 Å². The first-order chi connectivity index (χ1) is 13.0. The average molecular weight is 363 g/mol. The molecule has 0 fully saturated rings. The zero-order chi connectivity index (χ0) is 19.6. The molecule has 1 aromatic heterocycles. The van der Waals surface area contributed by atoms with E-state index in [-0.39, 0.29) is 17.0 Å². The molecular weight excluding hydrogens is 350 g/mol. The Balaban J connectivity index is 2.28. The third-order valence-electron chi connectivity index (χ3n) is 3.88. The number of hydrogen-bond acceptors (Lipinski definition) is 6. The molecule has 8 heteroatoms. The summed E-state index contributed by atoms with van der Waals surface area (Å²) in [5.41, 5.74) is 0.569. The van der Waals surface area contributed by atoms with E-state index in [1.165, 1.54) is 19.2 Å². The fourth-order valence-corrected chi connectivity index (χ4v) is 2.76. The molecule has 0 saturated carbocycles. The molecule has 0 atom stereocenters. The number of para-hydroxylation sites is 1. The predicted octanol–water partition coefficient (Wildman–Crippen LogP) is 1.22. The summed E-state index contributed by atoms with van der Waals surface area (Å²) >= 11 is 0. The number of carbonyl (C=O) groups excluding carboxylic acids is 5. The monoisotopic (exact) mass is 363 g/mol. The number of ketones is 2.